The van der Waals surface area contributed by atoms with Crippen molar-refractivity contribution in [1.29, 1.82) is 0 Å². The minimum Gasteiger partial charge on any atom is -0.369 e. The summed E-state index contributed by atoms with van der Waals surface area (Å²) in [5, 5.41) is 0.706. The first kappa shape index (κ1) is 16.6. The minimum atomic E-state index is -3.67. The molecular formula is C14H16Cl2N4O2S. The van der Waals surface area contributed by atoms with Crippen molar-refractivity contribution in [2.45, 2.75) is 5.03 Å². The molecule has 124 valence electrons. The van der Waals surface area contributed by atoms with Gasteiger partial charge in [-0.1, -0.05) is 29.3 Å². The number of hydrogen-bond donors (Lipinski definition) is 0. The van der Waals surface area contributed by atoms with Crippen LogP contribution in [0.1, 0.15) is 0 Å². The SMILES string of the molecule is Cn1cnc(S(=O)(=O)N2CCN(c3cccc(Cl)c3)CC2)c1Cl. The molecule has 2 heterocycles. The number of aryl methyl sites for hydroxylation is 1. The highest BCUT2D eigenvalue weighted by Crippen LogP contribution is 2.25. The van der Waals surface area contributed by atoms with Crippen LogP contribution in [-0.4, -0.2) is 48.5 Å². The summed E-state index contributed by atoms with van der Waals surface area (Å²) in [5.41, 5.74) is 0.991. The number of hydrogen-bond acceptors (Lipinski definition) is 4. The molecule has 1 aliphatic heterocycles. The topological polar surface area (TPSA) is 58.4 Å². The largest absolute Gasteiger partial charge is 0.369 e. The van der Waals surface area contributed by atoms with Crippen LogP contribution >= 0.6 is 23.2 Å². The molecule has 3 rings (SSSR count). The van der Waals surface area contributed by atoms with Crippen molar-refractivity contribution in [3.05, 3.63) is 40.8 Å². The molecular weight excluding hydrogens is 359 g/mol. The molecule has 2 aromatic rings. The molecule has 1 aromatic heterocycles. The normalized spacial score (nSPS) is 16.7. The van der Waals surface area contributed by atoms with Gasteiger partial charge >= 0.3 is 0 Å². The van der Waals surface area contributed by atoms with Gasteiger partial charge in [0.05, 0.1) is 6.33 Å². The molecule has 0 N–H and O–H groups in total. The van der Waals surface area contributed by atoms with Crippen LogP contribution in [0.3, 0.4) is 0 Å². The van der Waals surface area contributed by atoms with Crippen LogP contribution in [0.25, 0.3) is 0 Å². The molecule has 0 unspecified atom stereocenters. The number of halogens is 2. The summed E-state index contributed by atoms with van der Waals surface area (Å²) < 4.78 is 28.2. The predicted octanol–water partition coefficient (Wildman–Crippen LogP) is 2.24. The highest BCUT2D eigenvalue weighted by atomic mass is 35.5. The second-order valence-electron chi connectivity index (χ2n) is 5.32. The van der Waals surface area contributed by atoms with Gasteiger partial charge in [-0.15, -0.1) is 0 Å². The molecule has 6 nitrogen and oxygen atoms in total. The molecule has 0 atom stereocenters. The number of benzene rings is 1. The predicted molar refractivity (Wildman–Crippen MR) is 90.6 cm³/mol. The Morgan fingerprint density at radius 2 is 1.83 bits per heavy atom. The summed E-state index contributed by atoms with van der Waals surface area (Å²) in [6.07, 6.45) is 1.40. The molecule has 0 spiro atoms. The lowest BCUT2D eigenvalue weighted by atomic mass is 10.2. The Kier molecular flexibility index (Phi) is 4.55. The van der Waals surface area contributed by atoms with Crippen LogP contribution in [0.4, 0.5) is 5.69 Å². The van der Waals surface area contributed by atoms with Gasteiger partial charge in [-0.3, -0.25) is 0 Å². The Morgan fingerprint density at radius 3 is 2.39 bits per heavy atom. The first-order valence-electron chi connectivity index (χ1n) is 7.07. The van der Waals surface area contributed by atoms with Crippen molar-refractivity contribution in [3.8, 4) is 0 Å². The monoisotopic (exact) mass is 374 g/mol. The van der Waals surface area contributed by atoms with Gasteiger partial charge in [0, 0.05) is 43.9 Å². The second-order valence-corrected chi connectivity index (χ2v) is 7.97. The molecule has 0 saturated carbocycles. The molecule has 0 bridgehead atoms. The van der Waals surface area contributed by atoms with Crippen LogP contribution < -0.4 is 4.90 Å². The Bertz CT molecular complexity index is 814. The van der Waals surface area contributed by atoms with Crippen molar-refractivity contribution < 1.29 is 8.42 Å². The zero-order valence-corrected chi connectivity index (χ0v) is 14.8. The smallest absolute Gasteiger partial charge is 0.263 e. The summed E-state index contributed by atoms with van der Waals surface area (Å²) >= 11 is 12.0. The van der Waals surface area contributed by atoms with Crippen molar-refractivity contribution in [3.63, 3.8) is 0 Å². The van der Waals surface area contributed by atoms with E-state index in [0.29, 0.717) is 31.2 Å². The van der Waals surface area contributed by atoms with Gasteiger partial charge in [0.25, 0.3) is 10.0 Å². The van der Waals surface area contributed by atoms with Gasteiger partial charge in [-0.2, -0.15) is 4.31 Å². The van der Waals surface area contributed by atoms with E-state index in [0.717, 1.165) is 5.69 Å². The van der Waals surface area contributed by atoms with E-state index in [-0.39, 0.29) is 10.2 Å². The fourth-order valence-electron chi connectivity index (χ4n) is 2.55. The number of nitrogens with zero attached hydrogens (tertiary/aromatic N) is 4. The third-order valence-electron chi connectivity index (χ3n) is 3.83. The highest BCUT2D eigenvalue weighted by Gasteiger charge is 2.32. The van der Waals surface area contributed by atoms with Gasteiger partial charge in [0.2, 0.25) is 5.03 Å². The van der Waals surface area contributed by atoms with Crippen molar-refractivity contribution >= 4 is 38.9 Å². The van der Waals surface area contributed by atoms with Gasteiger partial charge in [0.1, 0.15) is 5.15 Å². The van der Waals surface area contributed by atoms with Crippen LogP contribution in [0.2, 0.25) is 10.2 Å². The lowest BCUT2D eigenvalue weighted by Gasteiger charge is -2.35. The molecule has 0 amide bonds. The molecule has 1 aliphatic rings. The highest BCUT2D eigenvalue weighted by molar-refractivity contribution is 7.89. The zero-order chi connectivity index (χ0) is 16.6. The van der Waals surface area contributed by atoms with E-state index in [4.69, 9.17) is 23.2 Å². The van der Waals surface area contributed by atoms with Crippen LogP contribution in [-0.2, 0) is 17.1 Å². The molecule has 1 saturated heterocycles. The third kappa shape index (κ3) is 3.19. The first-order chi connectivity index (χ1) is 10.9. The van der Waals surface area contributed by atoms with E-state index >= 15 is 0 Å². The molecule has 1 fully saturated rings. The van der Waals surface area contributed by atoms with Gasteiger partial charge in [0.15, 0.2) is 0 Å². The quantitative estimate of drug-likeness (QED) is 0.826. The Labute approximate surface area is 145 Å². The summed E-state index contributed by atoms with van der Waals surface area (Å²) in [5.74, 6) is 0. The maximum absolute atomic E-state index is 12.6. The van der Waals surface area contributed by atoms with Crippen LogP contribution in [0, 0.1) is 0 Å². The maximum atomic E-state index is 12.6. The number of rotatable bonds is 3. The summed E-state index contributed by atoms with van der Waals surface area (Å²) in [4.78, 5) is 6.03. The Balaban J connectivity index is 1.75. The zero-order valence-electron chi connectivity index (χ0n) is 12.5. The maximum Gasteiger partial charge on any atom is 0.263 e. The van der Waals surface area contributed by atoms with Crippen LogP contribution in [0.15, 0.2) is 35.6 Å². The fraction of sp³-hybridized carbons (Fsp3) is 0.357. The number of piperazine rings is 1. The van der Waals surface area contributed by atoms with E-state index in [9.17, 15) is 8.42 Å². The Morgan fingerprint density at radius 1 is 1.13 bits per heavy atom. The van der Waals surface area contributed by atoms with E-state index < -0.39 is 10.0 Å². The summed E-state index contributed by atoms with van der Waals surface area (Å²) in [6, 6.07) is 7.54. The first-order valence-corrected chi connectivity index (χ1v) is 9.26. The van der Waals surface area contributed by atoms with E-state index in [1.807, 2.05) is 24.3 Å². The molecule has 0 aliphatic carbocycles. The van der Waals surface area contributed by atoms with E-state index in [2.05, 4.69) is 9.88 Å². The second kappa shape index (κ2) is 6.32. The number of aromatic nitrogens is 2. The summed E-state index contributed by atoms with van der Waals surface area (Å²) in [6.45, 7) is 1.93. The number of sulfonamides is 1. The van der Waals surface area contributed by atoms with Gasteiger partial charge in [-0.25, -0.2) is 13.4 Å². The standard InChI is InChI=1S/C14H16Cl2N4O2S/c1-18-10-17-14(13(18)16)23(21,22)20-7-5-19(6-8-20)12-4-2-3-11(15)9-12/h2-4,9-10H,5-8H2,1H3. The number of imidazole rings is 1. The summed E-state index contributed by atoms with van der Waals surface area (Å²) in [7, 11) is -2.01. The average molecular weight is 375 g/mol. The molecule has 1 aromatic carbocycles. The third-order valence-corrected chi connectivity index (χ3v) is 6.46. The minimum absolute atomic E-state index is 0.0853. The molecule has 9 heteroatoms. The van der Waals surface area contributed by atoms with Gasteiger partial charge in [-0.05, 0) is 18.2 Å². The fourth-order valence-corrected chi connectivity index (χ4v) is 4.54. The van der Waals surface area contributed by atoms with Crippen molar-refractivity contribution in [2.75, 3.05) is 31.1 Å². The van der Waals surface area contributed by atoms with E-state index in [1.165, 1.54) is 15.2 Å². The van der Waals surface area contributed by atoms with Crippen molar-refractivity contribution in [2.24, 2.45) is 7.05 Å². The van der Waals surface area contributed by atoms with Crippen LogP contribution in [0.5, 0.6) is 0 Å². The van der Waals surface area contributed by atoms with E-state index in [1.54, 1.807) is 7.05 Å². The lowest BCUT2D eigenvalue weighted by molar-refractivity contribution is 0.383. The number of anilines is 1. The lowest BCUT2D eigenvalue weighted by Crippen LogP contribution is -2.48. The van der Waals surface area contributed by atoms with Crippen molar-refractivity contribution in [1.82, 2.24) is 13.9 Å². The van der Waals surface area contributed by atoms with Gasteiger partial charge < -0.3 is 9.47 Å². The molecule has 23 heavy (non-hydrogen) atoms. The Hall–Kier alpha value is -1.28. The molecule has 0 radical (unpaired) electrons. The average Bonchev–Trinajstić information content (AvgIpc) is 2.88.